The summed E-state index contributed by atoms with van der Waals surface area (Å²) in [6, 6.07) is 10.3. The van der Waals surface area contributed by atoms with Gasteiger partial charge in [-0.2, -0.15) is 0 Å². The van der Waals surface area contributed by atoms with Gasteiger partial charge in [0.25, 0.3) is 11.2 Å². The minimum Gasteiger partial charge on any atom is -0.463 e. The molecule has 40 heavy (non-hydrogen) atoms. The number of aromatic nitrogens is 1. The van der Waals surface area contributed by atoms with E-state index in [0.717, 1.165) is 17.4 Å². The number of carbonyl (C=O) groups is 1. The van der Waals surface area contributed by atoms with Crippen LogP contribution in [0, 0.1) is 15.9 Å². The Kier molecular flexibility index (Phi) is 7.45. The highest BCUT2D eigenvalue weighted by atomic mass is 35.5. The number of rotatable bonds is 6. The molecule has 0 aliphatic carbocycles. The second-order valence-corrected chi connectivity index (χ2v) is 10.4. The summed E-state index contributed by atoms with van der Waals surface area (Å²) in [5, 5.41) is 11.1. The van der Waals surface area contributed by atoms with E-state index in [2.05, 4.69) is 4.99 Å². The third-order valence-corrected chi connectivity index (χ3v) is 7.70. The number of fused-ring (bicyclic) bond motifs is 1. The third kappa shape index (κ3) is 4.99. The molecule has 13 heteroatoms. The zero-order valence-corrected chi connectivity index (χ0v) is 23.1. The molecule has 4 aromatic rings. The summed E-state index contributed by atoms with van der Waals surface area (Å²) in [6.45, 7) is 3.45. The maximum absolute atomic E-state index is 13.7. The minimum absolute atomic E-state index is 0.0673. The normalized spacial score (nSPS) is 15.1. The number of nitrogens with zero attached hydrogens (tertiary/aromatic N) is 3. The number of carbonyl (C=O) groups excluding carboxylic acids is 1. The van der Waals surface area contributed by atoms with Crippen LogP contribution in [-0.4, -0.2) is 22.1 Å². The van der Waals surface area contributed by atoms with Crippen molar-refractivity contribution in [3.8, 4) is 11.3 Å². The van der Waals surface area contributed by atoms with Gasteiger partial charge in [0.15, 0.2) is 4.80 Å². The van der Waals surface area contributed by atoms with Crippen LogP contribution in [0.2, 0.25) is 10.0 Å². The fraction of sp³-hybridized carbons (Fsp3) is 0.148. The summed E-state index contributed by atoms with van der Waals surface area (Å²) in [4.78, 5) is 41.9. The molecule has 1 atom stereocenters. The Bertz CT molecular complexity index is 1890. The van der Waals surface area contributed by atoms with E-state index in [9.17, 15) is 24.1 Å². The molecule has 1 aliphatic rings. The summed E-state index contributed by atoms with van der Waals surface area (Å²) in [5.41, 5.74) is 0.627. The van der Waals surface area contributed by atoms with Gasteiger partial charge in [0.2, 0.25) is 0 Å². The molecule has 0 saturated carbocycles. The fourth-order valence-corrected chi connectivity index (χ4v) is 5.83. The summed E-state index contributed by atoms with van der Waals surface area (Å²) < 4.78 is 26.5. The van der Waals surface area contributed by atoms with Crippen molar-refractivity contribution in [2.75, 3.05) is 6.61 Å². The monoisotopic (exact) mass is 601 g/mol. The molecule has 204 valence electrons. The Hall–Kier alpha value is -4.06. The number of thiazole rings is 1. The Morgan fingerprint density at radius 3 is 2.62 bits per heavy atom. The van der Waals surface area contributed by atoms with E-state index in [1.54, 1.807) is 26.0 Å². The lowest BCUT2D eigenvalue weighted by molar-refractivity contribution is -0.384. The van der Waals surface area contributed by atoms with E-state index in [0.29, 0.717) is 27.4 Å². The van der Waals surface area contributed by atoms with Crippen molar-refractivity contribution in [1.82, 2.24) is 4.57 Å². The standard InChI is InChI=1S/C27H18Cl2FN3O6S/c1-3-38-26(35)23-13(2)31-27-32(24(23)14-4-6-15(30)7-5-14)25(34)22(40-27)10-16-8-9-21(39-16)17-11-19(29)20(33(36)37)12-18(17)28/h4-12,24H,3H2,1-2H3/b22-10-/t24-/m0/s1. The number of allylic oxidation sites excluding steroid dienone is 1. The molecular formula is C27H18Cl2FN3O6S. The highest BCUT2D eigenvalue weighted by Gasteiger charge is 2.33. The molecule has 2 aromatic carbocycles. The first-order chi connectivity index (χ1) is 19.1. The molecule has 0 saturated heterocycles. The number of ether oxygens (including phenoxy) is 1. The number of benzene rings is 2. The van der Waals surface area contributed by atoms with Crippen molar-refractivity contribution < 1.29 is 23.3 Å². The van der Waals surface area contributed by atoms with Crippen molar-refractivity contribution in [2.45, 2.75) is 19.9 Å². The van der Waals surface area contributed by atoms with Gasteiger partial charge in [0.05, 0.1) is 38.4 Å². The molecule has 0 radical (unpaired) electrons. The first-order valence-electron chi connectivity index (χ1n) is 11.8. The second-order valence-electron chi connectivity index (χ2n) is 8.60. The van der Waals surface area contributed by atoms with Crippen LogP contribution < -0.4 is 14.9 Å². The predicted octanol–water partition coefficient (Wildman–Crippen LogP) is 5.41. The number of hydrogen-bond donors (Lipinski definition) is 0. The first kappa shape index (κ1) is 27.5. The molecule has 9 nitrogen and oxygen atoms in total. The molecule has 2 aromatic heterocycles. The van der Waals surface area contributed by atoms with Crippen LogP contribution in [0.15, 0.2) is 74.0 Å². The molecule has 0 amide bonds. The first-order valence-corrected chi connectivity index (χ1v) is 13.3. The zero-order valence-electron chi connectivity index (χ0n) is 20.8. The Morgan fingerprint density at radius 1 is 1.23 bits per heavy atom. The largest absolute Gasteiger partial charge is 0.463 e. The number of halogens is 3. The number of nitro groups is 1. The molecule has 0 fully saturated rings. The van der Waals surface area contributed by atoms with Crippen molar-refractivity contribution >= 4 is 52.3 Å². The molecule has 0 N–H and O–H groups in total. The number of hydrogen-bond acceptors (Lipinski definition) is 8. The van der Waals surface area contributed by atoms with E-state index >= 15 is 0 Å². The molecule has 0 unspecified atom stereocenters. The summed E-state index contributed by atoms with van der Waals surface area (Å²) >= 11 is 13.4. The van der Waals surface area contributed by atoms with Gasteiger partial charge in [-0.1, -0.05) is 46.7 Å². The fourth-order valence-electron chi connectivity index (χ4n) is 4.32. The number of nitro benzene ring substituents is 1. The van der Waals surface area contributed by atoms with Crippen molar-refractivity contribution in [2.24, 2.45) is 4.99 Å². The number of furan rings is 1. The van der Waals surface area contributed by atoms with Gasteiger partial charge in [-0.3, -0.25) is 19.5 Å². The lowest BCUT2D eigenvalue weighted by atomic mass is 9.96. The smallest absolute Gasteiger partial charge is 0.338 e. The SMILES string of the molecule is CCOC(=O)C1=C(C)N=c2s/c(=C\c3ccc(-c4cc(Cl)c([N+](=O)[O-])cc4Cl)o3)c(=O)n2[C@H]1c1ccc(F)cc1. The van der Waals surface area contributed by atoms with Crippen molar-refractivity contribution in [3.05, 3.63) is 117 Å². The maximum atomic E-state index is 13.7. The average Bonchev–Trinajstić information content (AvgIpc) is 3.49. The van der Waals surface area contributed by atoms with Gasteiger partial charge in [0, 0.05) is 17.7 Å². The highest BCUT2D eigenvalue weighted by Crippen LogP contribution is 2.37. The highest BCUT2D eigenvalue weighted by molar-refractivity contribution is 7.07. The molecule has 5 rings (SSSR count). The van der Waals surface area contributed by atoms with Crippen LogP contribution in [0.25, 0.3) is 17.4 Å². The Morgan fingerprint density at radius 2 is 1.95 bits per heavy atom. The molecule has 3 heterocycles. The average molecular weight is 602 g/mol. The van der Waals surface area contributed by atoms with Crippen LogP contribution in [-0.2, 0) is 9.53 Å². The lowest BCUT2D eigenvalue weighted by Crippen LogP contribution is -2.39. The van der Waals surface area contributed by atoms with Crippen molar-refractivity contribution in [3.63, 3.8) is 0 Å². The molecule has 0 spiro atoms. The van der Waals surface area contributed by atoms with Crippen LogP contribution in [0.5, 0.6) is 0 Å². The van der Waals surface area contributed by atoms with Crippen LogP contribution in [0.1, 0.15) is 31.2 Å². The van der Waals surface area contributed by atoms with E-state index in [1.807, 2.05) is 0 Å². The molecule has 0 bridgehead atoms. The van der Waals surface area contributed by atoms with Gasteiger partial charge >= 0.3 is 5.97 Å². The molecule has 1 aliphatic heterocycles. The number of esters is 1. The summed E-state index contributed by atoms with van der Waals surface area (Å²) in [5.74, 6) is -0.504. The van der Waals surface area contributed by atoms with Crippen LogP contribution >= 0.6 is 34.5 Å². The van der Waals surface area contributed by atoms with E-state index < -0.39 is 28.3 Å². The van der Waals surface area contributed by atoms with E-state index in [4.69, 9.17) is 32.4 Å². The van der Waals surface area contributed by atoms with Gasteiger partial charge in [-0.25, -0.2) is 14.2 Å². The van der Waals surface area contributed by atoms with Gasteiger partial charge < -0.3 is 9.15 Å². The molecular weight excluding hydrogens is 584 g/mol. The van der Waals surface area contributed by atoms with Crippen LogP contribution in [0.4, 0.5) is 10.1 Å². The minimum atomic E-state index is -0.883. The topological polar surface area (TPSA) is 117 Å². The Labute approximate surface area is 239 Å². The lowest BCUT2D eigenvalue weighted by Gasteiger charge is -2.24. The van der Waals surface area contributed by atoms with E-state index in [-0.39, 0.29) is 38.2 Å². The summed E-state index contributed by atoms with van der Waals surface area (Å²) in [7, 11) is 0. The van der Waals surface area contributed by atoms with Gasteiger partial charge in [-0.05, 0) is 49.7 Å². The maximum Gasteiger partial charge on any atom is 0.338 e. The quantitative estimate of drug-likeness (QED) is 0.166. The third-order valence-electron chi connectivity index (χ3n) is 6.10. The summed E-state index contributed by atoms with van der Waals surface area (Å²) in [6.07, 6.45) is 1.51. The van der Waals surface area contributed by atoms with E-state index in [1.165, 1.54) is 41.0 Å². The van der Waals surface area contributed by atoms with Gasteiger partial charge in [-0.15, -0.1) is 0 Å². The van der Waals surface area contributed by atoms with Crippen LogP contribution in [0.3, 0.4) is 0 Å². The van der Waals surface area contributed by atoms with Gasteiger partial charge in [0.1, 0.15) is 22.4 Å². The predicted molar refractivity (Wildman–Crippen MR) is 148 cm³/mol. The van der Waals surface area contributed by atoms with Crippen molar-refractivity contribution in [1.29, 1.82) is 0 Å². The zero-order chi connectivity index (χ0) is 28.7. The second kappa shape index (κ2) is 10.8. The Balaban J connectivity index is 1.61.